The zero-order valence-corrected chi connectivity index (χ0v) is 22.5. The number of aromatic nitrogens is 4. The van der Waals surface area contributed by atoms with E-state index in [-0.39, 0.29) is 24.1 Å². The van der Waals surface area contributed by atoms with Crippen LogP contribution < -0.4 is 10.9 Å². The van der Waals surface area contributed by atoms with E-state index in [2.05, 4.69) is 50.4 Å². The van der Waals surface area contributed by atoms with Crippen molar-refractivity contribution in [3.63, 3.8) is 0 Å². The summed E-state index contributed by atoms with van der Waals surface area (Å²) in [4.78, 5) is 38.3. The molecule has 2 N–H and O–H groups in total. The highest BCUT2D eigenvalue weighted by atomic mass is 16.1. The van der Waals surface area contributed by atoms with Crippen LogP contribution in [0.25, 0.3) is 22.3 Å². The van der Waals surface area contributed by atoms with E-state index in [1.54, 1.807) is 12.3 Å². The van der Waals surface area contributed by atoms with Crippen molar-refractivity contribution in [2.24, 2.45) is 0 Å². The van der Waals surface area contributed by atoms with E-state index >= 15 is 0 Å². The summed E-state index contributed by atoms with van der Waals surface area (Å²) in [5, 5.41) is 8.13. The zero-order valence-electron chi connectivity index (χ0n) is 22.5. The summed E-state index contributed by atoms with van der Waals surface area (Å²) in [6, 6.07) is 13.9. The highest BCUT2D eigenvalue weighted by molar-refractivity contribution is 6.06. The van der Waals surface area contributed by atoms with Gasteiger partial charge in [0, 0.05) is 62.1 Å². The number of hydrogen-bond donors (Lipinski definition) is 2. The monoisotopic (exact) mass is 513 g/mol. The first-order valence-electron chi connectivity index (χ1n) is 13.1. The van der Waals surface area contributed by atoms with Crippen molar-refractivity contribution in [2.45, 2.75) is 39.9 Å². The predicted octanol–water partition coefficient (Wildman–Crippen LogP) is 3.35. The van der Waals surface area contributed by atoms with Crippen LogP contribution in [0.15, 0.2) is 53.5 Å². The highest BCUT2D eigenvalue weighted by Crippen LogP contribution is 2.27. The molecule has 9 nitrogen and oxygen atoms in total. The van der Waals surface area contributed by atoms with E-state index in [0.717, 1.165) is 49.7 Å². The number of rotatable bonds is 7. The molecule has 1 saturated heterocycles. The number of fused-ring (bicyclic) bond motifs is 1. The summed E-state index contributed by atoms with van der Waals surface area (Å²) < 4.78 is 1.84. The third-order valence-electron chi connectivity index (χ3n) is 7.10. The minimum absolute atomic E-state index is 0.0841. The molecule has 4 heterocycles. The Bertz CT molecular complexity index is 1510. The number of pyridine rings is 2. The van der Waals surface area contributed by atoms with Gasteiger partial charge >= 0.3 is 0 Å². The fourth-order valence-corrected chi connectivity index (χ4v) is 4.84. The van der Waals surface area contributed by atoms with Gasteiger partial charge in [-0.1, -0.05) is 24.3 Å². The maximum atomic E-state index is 13.4. The summed E-state index contributed by atoms with van der Waals surface area (Å²) in [5.74, 6) is -0.268. The van der Waals surface area contributed by atoms with Crippen molar-refractivity contribution in [2.75, 3.05) is 33.2 Å². The maximum absolute atomic E-state index is 13.4. The first-order chi connectivity index (χ1) is 18.3. The third kappa shape index (κ3) is 5.54. The Labute approximate surface area is 222 Å². The number of nitrogens with one attached hydrogen (secondary N) is 2. The molecular weight excluding hydrogens is 478 g/mol. The second-order valence-corrected chi connectivity index (χ2v) is 10.4. The van der Waals surface area contributed by atoms with Gasteiger partial charge in [-0.15, -0.1) is 0 Å². The number of hydrogen-bond acceptors (Lipinski definition) is 6. The van der Waals surface area contributed by atoms with E-state index in [1.165, 1.54) is 5.56 Å². The topological polar surface area (TPSA) is 99.2 Å². The van der Waals surface area contributed by atoms with E-state index in [4.69, 9.17) is 4.98 Å². The summed E-state index contributed by atoms with van der Waals surface area (Å²) in [5.41, 5.74) is 5.14. The van der Waals surface area contributed by atoms with Crippen LogP contribution in [0.1, 0.15) is 47.1 Å². The Morgan fingerprint density at radius 2 is 1.89 bits per heavy atom. The molecule has 1 amide bonds. The number of aromatic amines is 1. The van der Waals surface area contributed by atoms with Crippen LogP contribution in [-0.2, 0) is 13.1 Å². The molecule has 0 aliphatic carbocycles. The van der Waals surface area contributed by atoms with Crippen LogP contribution in [0.2, 0.25) is 0 Å². The molecule has 1 aliphatic heterocycles. The molecule has 1 fully saturated rings. The summed E-state index contributed by atoms with van der Waals surface area (Å²) in [6.07, 6.45) is 1.70. The first kappa shape index (κ1) is 25.8. The Balaban J connectivity index is 1.47. The fraction of sp³-hybridized carbons (Fsp3) is 0.379. The quantitative estimate of drug-likeness (QED) is 0.393. The van der Waals surface area contributed by atoms with Crippen molar-refractivity contribution < 1.29 is 4.79 Å². The second-order valence-electron chi connectivity index (χ2n) is 10.4. The minimum atomic E-state index is -0.268. The van der Waals surface area contributed by atoms with Gasteiger partial charge in [0.25, 0.3) is 11.5 Å². The number of likely N-dealkylation sites (N-methyl/N-ethyl adjacent to an activating group) is 1. The van der Waals surface area contributed by atoms with Crippen molar-refractivity contribution in [3.05, 3.63) is 81.4 Å². The lowest BCUT2D eigenvalue weighted by Crippen LogP contribution is -2.43. The molecule has 0 unspecified atom stereocenters. The van der Waals surface area contributed by atoms with Crippen LogP contribution in [0.3, 0.4) is 0 Å². The maximum Gasteiger partial charge on any atom is 0.253 e. The molecule has 0 atom stereocenters. The molecule has 9 heteroatoms. The van der Waals surface area contributed by atoms with Gasteiger partial charge in [-0.3, -0.25) is 14.5 Å². The molecule has 0 spiro atoms. The molecule has 5 rings (SSSR count). The third-order valence-corrected chi connectivity index (χ3v) is 7.10. The molecule has 4 aromatic rings. The largest absolute Gasteiger partial charge is 0.348 e. The molecule has 0 saturated carbocycles. The fourth-order valence-electron chi connectivity index (χ4n) is 4.84. The molecule has 1 aliphatic rings. The average molecular weight is 514 g/mol. The number of aryl methyl sites for hydroxylation is 1. The minimum Gasteiger partial charge on any atom is -0.348 e. The molecular formula is C29H35N7O2. The molecule has 38 heavy (non-hydrogen) atoms. The number of amides is 1. The predicted molar refractivity (Wildman–Crippen MR) is 149 cm³/mol. The van der Waals surface area contributed by atoms with Crippen LogP contribution in [0.5, 0.6) is 0 Å². The highest BCUT2D eigenvalue weighted by Gasteiger charge is 2.20. The van der Waals surface area contributed by atoms with Gasteiger partial charge in [0.1, 0.15) is 0 Å². The normalized spacial score (nSPS) is 14.9. The molecule has 0 radical (unpaired) electrons. The van der Waals surface area contributed by atoms with Crippen LogP contribution in [-0.4, -0.2) is 68.7 Å². The van der Waals surface area contributed by atoms with E-state index in [0.29, 0.717) is 22.2 Å². The Hall–Kier alpha value is -3.82. The number of carbonyl (C=O) groups excluding carboxylic acids is 1. The number of piperazine rings is 1. The standard InChI is InChI=1S/C29H35N7O2/c1-19(2)36-27-25(17-31-36)24(29(38)30-16-23-9-8-20(3)32-28(23)37)15-26(33-27)22-7-5-6-21(14-22)18-35-12-10-34(4)11-13-35/h5-9,14-15,17,19H,10-13,16,18H2,1-4H3,(H,30,38)(H,32,37). The Morgan fingerprint density at radius 1 is 1.11 bits per heavy atom. The van der Waals surface area contributed by atoms with Gasteiger partial charge < -0.3 is 15.2 Å². The van der Waals surface area contributed by atoms with E-state index < -0.39 is 0 Å². The van der Waals surface area contributed by atoms with Gasteiger partial charge in [0.2, 0.25) is 0 Å². The lowest BCUT2D eigenvalue weighted by Gasteiger charge is -2.32. The van der Waals surface area contributed by atoms with E-state index in [9.17, 15) is 9.59 Å². The van der Waals surface area contributed by atoms with Crippen molar-refractivity contribution in [1.29, 1.82) is 0 Å². The number of benzene rings is 1. The first-order valence-corrected chi connectivity index (χ1v) is 13.1. The Kier molecular flexibility index (Phi) is 7.40. The number of carbonyl (C=O) groups is 1. The van der Waals surface area contributed by atoms with Gasteiger partial charge in [0.15, 0.2) is 5.65 Å². The van der Waals surface area contributed by atoms with Gasteiger partial charge in [-0.05, 0) is 51.6 Å². The molecule has 3 aromatic heterocycles. The molecule has 1 aromatic carbocycles. The lowest BCUT2D eigenvalue weighted by molar-refractivity contribution is 0.0952. The van der Waals surface area contributed by atoms with Crippen molar-refractivity contribution >= 4 is 16.9 Å². The Morgan fingerprint density at radius 3 is 2.63 bits per heavy atom. The summed E-state index contributed by atoms with van der Waals surface area (Å²) in [6.45, 7) is 11.2. The molecule has 198 valence electrons. The van der Waals surface area contributed by atoms with Gasteiger partial charge in [-0.2, -0.15) is 5.10 Å². The van der Waals surface area contributed by atoms with Crippen molar-refractivity contribution in [1.82, 2.24) is 34.9 Å². The summed E-state index contributed by atoms with van der Waals surface area (Å²) >= 11 is 0. The zero-order chi connectivity index (χ0) is 26.8. The molecule has 0 bridgehead atoms. The summed E-state index contributed by atoms with van der Waals surface area (Å²) in [7, 11) is 2.16. The van der Waals surface area contributed by atoms with Gasteiger partial charge in [-0.25, -0.2) is 9.67 Å². The number of nitrogens with zero attached hydrogens (tertiary/aromatic N) is 5. The van der Waals surface area contributed by atoms with Crippen molar-refractivity contribution in [3.8, 4) is 11.3 Å². The number of H-pyrrole nitrogens is 1. The lowest BCUT2D eigenvalue weighted by atomic mass is 10.0. The van der Waals surface area contributed by atoms with Crippen LogP contribution in [0, 0.1) is 6.92 Å². The van der Waals surface area contributed by atoms with E-state index in [1.807, 2.05) is 43.7 Å². The smallest absolute Gasteiger partial charge is 0.253 e. The average Bonchev–Trinajstić information content (AvgIpc) is 3.33. The van der Waals surface area contributed by atoms with Gasteiger partial charge in [0.05, 0.1) is 22.8 Å². The second kappa shape index (κ2) is 10.9. The van der Waals surface area contributed by atoms with Crippen LogP contribution >= 0.6 is 0 Å². The SMILES string of the molecule is Cc1ccc(CNC(=O)c2cc(-c3cccc(CN4CCN(C)CC4)c3)nc3c2cnn3C(C)C)c(=O)[nH]1. The van der Waals surface area contributed by atoms with Crippen LogP contribution in [0.4, 0.5) is 0 Å².